The molecule has 0 amide bonds. The summed E-state index contributed by atoms with van der Waals surface area (Å²) in [7, 11) is 0. The molecule has 106 valence electrons. The van der Waals surface area contributed by atoms with E-state index < -0.39 is 0 Å². The van der Waals surface area contributed by atoms with Crippen molar-refractivity contribution < 1.29 is 0 Å². The predicted octanol–water partition coefficient (Wildman–Crippen LogP) is 3.01. The Morgan fingerprint density at radius 1 is 0.950 bits per heavy atom. The molecule has 0 saturated carbocycles. The molecule has 0 saturated heterocycles. The molecule has 1 aromatic carbocycles. The molecule has 0 aliphatic heterocycles. The van der Waals surface area contributed by atoms with E-state index in [2.05, 4.69) is 53.4 Å². The van der Waals surface area contributed by atoms with Crippen molar-refractivity contribution >= 4 is 0 Å². The lowest BCUT2D eigenvalue weighted by Gasteiger charge is -2.07. The van der Waals surface area contributed by atoms with Gasteiger partial charge in [-0.2, -0.15) is 0 Å². The quantitative estimate of drug-likeness (QED) is 0.839. The molecule has 0 aliphatic rings. The van der Waals surface area contributed by atoms with E-state index in [9.17, 15) is 0 Å². The fraction of sp³-hybridized carbons (Fsp3) is 0.412. The fourth-order valence-electron chi connectivity index (χ4n) is 2.01. The maximum absolute atomic E-state index is 4.44. The Morgan fingerprint density at radius 2 is 1.65 bits per heavy atom. The van der Waals surface area contributed by atoms with E-state index in [-0.39, 0.29) is 0 Å². The van der Waals surface area contributed by atoms with Crippen LogP contribution in [0.3, 0.4) is 0 Å². The van der Waals surface area contributed by atoms with Crippen LogP contribution in [-0.4, -0.2) is 16.5 Å². The van der Waals surface area contributed by atoms with Gasteiger partial charge < -0.3 is 5.32 Å². The Hall–Kier alpha value is -1.74. The third-order valence-corrected chi connectivity index (χ3v) is 3.12. The number of nitrogens with zero attached hydrogens (tertiary/aromatic N) is 2. The van der Waals surface area contributed by atoms with Crippen LogP contribution in [0.2, 0.25) is 0 Å². The first-order chi connectivity index (χ1) is 9.74. The van der Waals surface area contributed by atoms with Crippen molar-refractivity contribution in [2.75, 3.05) is 6.54 Å². The van der Waals surface area contributed by atoms with Gasteiger partial charge in [0.2, 0.25) is 0 Å². The summed E-state index contributed by atoms with van der Waals surface area (Å²) in [6, 6.07) is 10.5. The minimum Gasteiger partial charge on any atom is -0.312 e. The molecule has 0 bridgehead atoms. The molecule has 2 aromatic rings. The summed E-state index contributed by atoms with van der Waals surface area (Å²) in [6.45, 7) is 6.28. The molecule has 0 unspecified atom stereocenters. The summed E-state index contributed by atoms with van der Waals surface area (Å²) in [4.78, 5) is 8.88. The summed E-state index contributed by atoms with van der Waals surface area (Å²) < 4.78 is 0. The summed E-state index contributed by atoms with van der Waals surface area (Å²) in [5.41, 5.74) is 2.48. The number of rotatable bonds is 7. The predicted molar refractivity (Wildman–Crippen MR) is 82.4 cm³/mol. The highest BCUT2D eigenvalue weighted by atomic mass is 14.9. The van der Waals surface area contributed by atoms with E-state index >= 15 is 0 Å². The van der Waals surface area contributed by atoms with Crippen LogP contribution >= 0.6 is 0 Å². The Labute approximate surface area is 121 Å². The van der Waals surface area contributed by atoms with Crippen LogP contribution in [-0.2, 0) is 19.4 Å². The largest absolute Gasteiger partial charge is 0.312 e. The van der Waals surface area contributed by atoms with Gasteiger partial charge in [0.1, 0.15) is 5.82 Å². The van der Waals surface area contributed by atoms with E-state index in [1.807, 2.05) is 18.5 Å². The second kappa shape index (κ2) is 7.75. The normalized spacial score (nSPS) is 10.9. The van der Waals surface area contributed by atoms with Gasteiger partial charge in [-0.3, -0.25) is 0 Å². The van der Waals surface area contributed by atoms with Crippen molar-refractivity contribution in [3.63, 3.8) is 0 Å². The molecule has 0 spiro atoms. The van der Waals surface area contributed by atoms with Gasteiger partial charge in [-0.1, -0.05) is 44.2 Å². The third-order valence-electron chi connectivity index (χ3n) is 3.12. The van der Waals surface area contributed by atoms with Gasteiger partial charge in [0.15, 0.2) is 0 Å². The van der Waals surface area contributed by atoms with Crippen LogP contribution in [0, 0.1) is 5.92 Å². The van der Waals surface area contributed by atoms with Crippen molar-refractivity contribution in [3.8, 4) is 0 Å². The Morgan fingerprint density at radius 3 is 2.30 bits per heavy atom. The van der Waals surface area contributed by atoms with Gasteiger partial charge >= 0.3 is 0 Å². The van der Waals surface area contributed by atoms with Gasteiger partial charge in [0.25, 0.3) is 0 Å². The van der Waals surface area contributed by atoms with Crippen molar-refractivity contribution in [3.05, 3.63) is 59.7 Å². The van der Waals surface area contributed by atoms with Gasteiger partial charge in [0.05, 0.1) is 0 Å². The lowest BCUT2D eigenvalue weighted by Crippen LogP contribution is -2.19. The first-order valence-corrected chi connectivity index (χ1v) is 7.28. The lowest BCUT2D eigenvalue weighted by molar-refractivity contribution is 0.551. The lowest BCUT2D eigenvalue weighted by atomic mass is 10.1. The van der Waals surface area contributed by atoms with E-state index in [1.54, 1.807) is 0 Å². The second-order valence-corrected chi connectivity index (χ2v) is 5.52. The molecular weight excluding hydrogens is 246 g/mol. The van der Waals surface area contributed by atoms with Crippen LogP contribution in [0.25, 0.3) is 0 Å². The van der Waals surface area contributed by atoms with Crippen LogP contribution in [0.15, 0.2) is 42.7 Å². The maximum Gasteiger partial charge on any atom is 0.128 e. The summed E-state index contributed by atoms with van der Waals surface area (Å²) >= 11 is 0. The molecule has 0 aliphatic carbocycles. The summed E-state index contributed by atoms with van der Waals surface area (Å²) in [6.07, 6.45) is 5.75. The molecular formula is C17H23N3. The molecule has 1 N–H and O–H groups in total. The molecule has 0 atom stereocenters. The number of nitrogens with one attached hydrogen (secondary N) is 1. The summed E-state index contributed by atoms with van der Waals surface area (Å²) in [5, 5.41) is 3.40. The van der Waals surface area contributed by atoms with E-state index in [4.69, 9.17) is 0 Å². The minimum atomic E-state index is 0.668. The second-order valence-electron chi connectivity index (χ2n) is 5.52. The standard InChI is InChI=1S/C17H23N3/c1-14(2)10-18-11-16-12-19-17(20-13-16)9-8-15-6-4-3-5-7-15/h3-7,12-14,18H,8-11H2,1-2H3. The van der Waals surface area contributed by atoms with Crippen LogP contribution in [0.4, 0.5) is 0 Å². The Balaban J connectivity index is 1.79. The number of benzene rings is 1. The molecule has 2 rings (SSSR count). The smallest absolute Gasteiger partial charge is 0.128 e. The SMILES string of the molecule is CC(C)CNCc1cnc(CCc2ccccc2)nc1. The average Bonchev–Trinajstić information content (AvgIpc) is 2.47. The number of hydrogen-bond acceptors (Lipinski definition) is 3. The average molecular weight is 269 g/mol. The monoisotopic (exact) mass is 269 g/mol. The number of aromatic nitrogens is 2. The van der Waals surface area contributed by atoms with Crippen molar-refractivity contribution in [2.45, 2.75) is 33.2 Å². The Bertz CT molecular complexity index is 491. The van der Waals surface area contributed by atoms with Crippen molar-refractivity contribution in [1.29, 1.82) is 0 Å². The first-order valence-electron chi connectivity index (χ1n) is 7.28. The van der Waals surface area contributed by atoms with Crippen molar-refractivity contribution in [2.24, 2.45) is 5.92 Å². The van der Waals surface area contributed by atoms with Gasteiger partial charge in [-0.25, -0.2) is 9.97 Å². The van der Waals surface area contributed by atoms with E-state index in [0.29, 0.717) is 5.92 Å². The zero-order valence-electron chi connectivity index (χ0n) is 12.3. The highest BCUT2D eigenvalue weighted by molar-refractivity contribution is 5.15. The molecule has 20 heavy (non-hydrogen) atoms. The fourth-order valence-corrected chi connectivity index (χ4v) is 2.01. The van der Waals surface area contributed by atoms with Crippen LogP contribution in [0.1, 0.15) is 30.8 Å². The molecule has 1 heterocycles. The zero-order valence-corrected chi connectivity index (χ0v) is 12.3. The van der Waals surface area contributed by atoms with E-state index in [0.717, 1.165) is 37.3 Å². The van der Waals surface area contributed by atoms with Gasteiger partial charge in [-0.05, 0) is 24.4 Å². The van der Waals surface area contributed by atoms with Crippen molar-refractivity contribution in [1.82, 2.24) is 15.3 Å². The minimum absolute atomic E-state index is 0.668. The van der Waals surface area contributed by atoms with Crippen LogP contribution in [0.5, 0.6) is 0 Å². The van der Waals surface area contributed by atoms with E-state index in [1.165, 1.54) is 5.56 Å². The van der Waals surface area contributed by atoms with Gasteiger partial charge in [-0.15, -0.1) is 0 Å². The molecule has 1 aromatic heterocycles. The first kappa shape index (κ1) is 14.7. The number of aryl methyl sites for hydroxylation is 2. The number of hydrogen-bond donors (Lipinski definition) is 1. The molecule has 3 heteroatoms. The molecule has 0 fully saturated rings. The highest BCUT2D eigenvalue weighted by Crippen LogP contribution is 2.04. The summed E-state index contributed by atoms with van der Waals surface area (Å²) in [5.74, 6) is 1.59. The van der Waals surface area contributed by atoms with Gasteiger partial charge in [0, 0.05) is 30.9 Å². The topological polar surface area (TPSA) is 37.8 Å². The third kappa shape index (κ3) is 5.10. The molecule has 3 nitrogen and oxygen atoms in total. The zero-order chi connectivity index (χ0) is 14.2. The maximum atomic E-state index is 4.44. The van der Waals surface area contributed by atoms with Crippen LogP contribution < -0.4 is 5.32 Å². The molecule has 0 radical (unpaired) electrons. The Kier molecular flexibility index (Phi) is 5.69. The highest BCUT2D eigenvalue weighted by Gasteiger charge is 2.00.